The summed E-state index contributed by atoms with van der Waals surface area (Å²) >= 11 is 0. The van der Waals surface area contributed by atoms with Crippen molar-refractivity contribution in [2.45, 2.75) is 38.6 Å². The van der Waals surface area contributed by atoms with Crippen LogP contribution in [-0.4, -0.2) is 25.8 Å². The van der Waals surface area contributed by atoms with E-state index in [0.29, 0.717) is 6.04 Å². The van der Waals surface area contributed by atoms with E-state index in [0.717, 1.165) is 26.2 Å². The number of hydrogen-bond donors (Lipinski definition) is 1. The van der Waals surface area contributed by atoms with Crippen LogP contribution in [0.3, 0.4) is 0 Å². The zero-order valence-corrected chi connectivity index (χ0v) is 12.3. The van der Waals surface area contributed by atoms with Gasteiger partial charge in [-0.05, 0) is 31.4 Å². The van der Waals surface area contributed by atoms with Crippen LogP contribution in [0, 0.1) is 0 Å². The van der Waals surface area contributed by atoms with Gasteiger partial charge in [-0.15, -0.1) is 0 Å². The maximum atomic E-state index is 5.75. The molecule has 0 spiro atoms. The van der Waals surface area contributed by atoms with Crippen LogP contribution in [0.15, 0.2) is 30.3 Å². The highest BCUT2D eigenvalue weighted by Gasteiger charge is 2.34. The smallest absolute Gasteiger partial charge is 0.0610 e. The van der Waals surface area contributed by atoms with Crippen molar-refractivity contribution >= 4 is 6.08 Å². The summed E-state index contributed by atoms with van der Waals surface area (Å²) in [7, 11) is 0. The molecule has 104 valence electrons. The molecule has 0 bridgehead atoms. The zero-order chi connectivity index (χ0) is 13.7. The van der Waals surface area contributed by atoms with Gasteiger partial charge in [0.25, 0.3) is 0 Å². The maximum absolute atomic E-state index is 5.75. The Balaban J connectivity index is 2.19. The molecule has 1 aliphatic rings. The quantitative estimate of drug-likeness (QED) is 0.810. The maximum Gasteiger partial charge on any atom is 0.0610 e. The van der Waals surface area contributed by atoms with E-state index in [4.69, 9.17) is 4.74 Å². The third-order valence-corrected chi connectivity index (χ3v) is 4.02. The van der Waals surface area contributed by atoms with Crippen molar-refractivity contribution in [3.8, 4) is 0 Å². The average molecular weight is 259 g/mol. The van der Waals surface area contributed by atoms with Gasteiger partial charge >= 0.3 is 0 Å². The molecule has 1 aliphatic carbocycles. The molecule has 0 amide bonds. The molecule has 2 heteroatoms. The van der Waals surface area contributed by atoms with Gasteiger partial charge in [0.15, 0.2) is 0 Å². The Morgan fingerprint density at radius 2 is 2.05 bits per heavy atom. The van der Waals surface area contributed by atoms with Gasteiger partial charge in [0.1, 0.15) is 0 Å². The third-order valence-electron chi connectivity index (χ3n) is 4.02. The molecule has 2 rings (SSSR count). The minimum absolute atomic E-state index is 0.00394. The predicted molar refractivity (Wildman–Crippen MR) is 81.4 cm³/mol. The molecule has 19 heavy (non-hydrogen) atoms. The number of rotatable bonds is 7. The molecule has 1 aromatic carbocycles. The van der Waals surface area contributed by atoms with E-state index < -0.39 is 0 Å². The summed E-state index contributed by atoms with van der Waals surface area (Å²) in [6.45, 7) is 8.96. The fourth-order valence-electron chi connectivity index (χ4n) is 2.55. The molecule has 2 unspecified atom stereocenters. The highest BCUT2D eigenvalue weighted by molar-refractivity contribution is 5.65. The van der Waals surface area contributed by atoms with E-state index in [-0.39, 0.29) is 5.41 Å². The highest BCUT2D eigenvalue weighted by Crippen LogP contribution is 2.36. The Morgan fingerprint density at radius 3 is 2.79 bits per heavy atom. The molecule has 1 N–H and O–H groups in total. The number of benzene rings is 1. The number of hydrogen-bond acceptors (Lipinski definition) is 2. The van der Waals surface area contributed by atoms with Gasteiger partial charge in [0.2, 0.25) is 0 Å². The minimum atomic E-state index is -0.00394. The molecule has 0 fully saturated rings. The lowest BCUT2D eigenvalue weighted by Crippen LogP contribution is -2.42. The van der Waals surface area contributed by atoms with Crippen molar-refractivity contribution in [2.24, 2.45) is 0 Å². The van der Waals surface area contributed by atoms with E-state index in [1.165, 1.54) is 11.1 Å². The van der Waals surface area contributed by atoms with Crippen LogP contribution in [0.25, 0.3) is 6.08 Å². The molecule has 0 saturated carbocycles. The Kier molecular flexibility index (Phi) is 4.78. The summed E-state index contributed by atoms with van der Waals surface area (Å²) in [5.74, 6) is 0. The van der Waals surface area contributed by atoms with Gasteiger partial charge < -0.3 is 10.1 Å². The van der Waals surface area contributed by atoms with Gasteiger partial charge in [0, 0.05) is 24.6 Å². The summed E-state index contributed by atoms with van der Waals surface area (Å²) in [5.41, 5.74) is 2.71. The van der Waals surface area contributed by atoms with E-state index in [2.05, 4.69) is 62.5 Å². The monoisotopic (exact) mass is 259 g/mol. The molecule has 2 atom stereocenters. The molecular weight excluding hydrogens is 234 g/mol. The number of nitrogens with one attached hydrogen (secondary N) is 1. The Morgan fingerprint density at radius 1 is 1.26 bits per heavy atom. The normalized spacial score (nSPS) is 22.5. The van der Waals surface area contributed by atoms with Gasteiger partial charge in [0.05, 0.1) is 6.61 Å². The number of ether oxygens (including phenoxy) is 1. The lowest BCUT2D eigenvalue weighted by molar-refractivity contribution is 0.108. The highest BCUT2D eigenvalue weighted by atomic mass is 16.5. The number of fused-ring (bicyclic) bond motifs is 1. The second-order valence-corrected chi connectivity index (χ2v) is 5.40. The molecule has 0 aromatic heterocycles. The SMILES string of the molecule is CCOCC1(CNC(C)CC)C=Cc2ccccc21. The van der Waals surface area contributed by atoms with Crippen LogP contribution in [0.4, 0.5) is 0 Å². The van der Waals surface area contributed by atoms with Crippen molar-refractivity contribution in [3.63, 3.8) is 0 Å². The van der Waals surface area contributed by atoms with Crippen LogP contribution < -0.4 is 5.32 Å². The van der Waals surface area contributed by atoms with E-state index in [1.54, 1.807) is 0 Å². The summed E-state index contributed by atoms with van der Waals surface area (Å²) in [6.07, 6.45) is 5.69. The summed E-state index contributed by atoms with van der Waals surface area (Å²) in [6, 6.07) is 9.17. The molecule has 0 radical (unpaired) electrons. The van der Waals surface area contributed by atoms with Crippen LogP contribution in [0.5, 0.6) is 0 Å². The second kappa shape index (κ2) is 6.36. The first-order valence-electron chi connectivity index (χ1n) is 7.31. The van der Waals surface area contributed by atoms with Gasteiger partial charge in [-0.3, -0.25) is 0 Å². The van der Waals surface area contributed by atoms with Crippen LogP contribution in [0.2, 0.25) is 0 Å². The predicted octanol–water partition coefficient (Wildman–Crippen LogP) is 3.38. The average Bonchev–Trinajstić information content (AvgIpc) is 2.82. The topological polar surface area (TPSA) is 21.3 Å². The largest absolute Gasteiger partial charge is 0.380 e. The summed E-state index contributed by atoms with van der Waals surface area (Å²) in [5, 5.41) is 3.63. The Labute approximate surface area is 116 Å². The molecule has 1 aromatic rings. The van der Waals surface area contributed by atoms with Gasteiger partial charge in [-0.2, -0.15) is 0 Å². The third kappa shape index (κ3) is 3.07. The minimum Gasteiger partial charge on any atom is -0.380 e. The molecule has 0 aliphatic heterocycles. The van der Waals surface area contributed by atoms with Crippen molar-refractivity contribution in [1.82, 2.24) is 5.32 Å². The van der Waals surface area contributed by atoms with Crippen LogP contribution in [-0.2, 0) is 10.2 Å². The van der Waals surface area contributed by atoms with Crippen LogP contribution >= 0.6 is 0 Å². The van der Waals surface area contributed by atoms with Crippen molar-refractivity contribution in [1.29, 1.82) is 0 Å². The van der Waals surface area contributed by atoms with Crippen molar-refractivity contribution in [2.75, 3.05) is 19.8 Å². The van der Waals surface area contributed by atoms with Crippen LogP contribution in [0.1, 0.15) is 38.3 Å². The molecule has 0 saturated heterocycles. The Bertz CT molecular complexity index is 441. The fraction of sp³-hybridized carbons (Fsp3) is 0.529. The standard InChI is InChI=1S/C17H25NO/c1-4-14(3)18-12-17(13-19-5-2)11-10-15-8-6-7-9-16(15)17/h6-11,14,18H,4-5,12-13H2,1-3H3. The van der Waals surface area contributed by atoms with Gasteiger partial charge in [-0.25, -0.2) is 0 Å². The van der Waals surface area contributed by atoms with E-state index in [1.807, 2.05) is 0 Å². The first-order chi connectivity index (χ1) is 9.22. The summed E-state index contributed by atoms with van der Waals surface area (Å²) in [4.78, 5) is 0. The molecule has 0 heterocycles. The lowest BCUT2D eigenvalue weighted by Gasteiger charge is -2.30. The lowest BCUT2D eigenvalue weighted by atomic mass is 9.83. The second-order valence-electron chi connectivity index (χ2n) is 5.40. The molecular formula is C17H25NO. The van der Waals surface area contributed by atoms with Crippen molar-refractivity contribution in [3.05, 3.63) is 41.5 Å². The van der Waals surface area contributed by atoms with E-state index in [9.17, 15) is 0 Å². The first-order valence-corrected chi connectivity index (χ1v) is 7.31. The zero-order valence-electron chi connectivity index (χ0n) is 12.3. The summed E-state index contributed by atoms with van der Waals surface area (Å²) < 4.78 is 5.75. The Hall–Kier alpha value is -1.12. The van der Waals surface area contributed by atoms with E-state index >= 15 is 0 Å². The molecule has 2 nitrogen and oxygen atoms in total. The van der Waals surface area contributed by atoms with Gasteiger partial charge in [-0.1, -0.05) is 43.3 Å². The fourth-order valence-corrected chi connectivity index (χ4v) is 2.55. The first kappa shape index (κ1) is 14.3. The van der Waals surface area contributed by atoms with Crippen molar-refractivity contribution < 1.29 is 4.74 Å².